The van der Waals surface area contributed by atoms with Crippen molar-refractivity contribution < 1.29 is 0 Å². The zero-order valence-corrected chi connectivity index (χ0v) is 17.4. The first-order chi connectivity index (χ1) is 13.0. The average molecular weight is 370 g/mol. The van der Waals surface area contributed by atoms with Crippen molar-refractivity contribution in [2.75, 3.05) is 0 Å². The first-order valence-corrected chi connectivity index (χ1v) is 13.4. The van der Waals surface area contributed by atoms with Crippen molar-refractivity contribution in [3.8, 4) is 0 Å². The first-order valence-electron chi connectivity index (χ1n) is 9.82. The number of aliphatic imine (C=N–C) groups is 1. The van der Waals surface area contributed by atoms with Crippen LogP contribution < -0.4 is 0 Å². The molecule has 0 unspecified atom stereocenters. The van der Waals surface area contributed by atoms with Gasteiger partial charge in [0, 0.05) is 19.2 Å². The van der Waals surface area contributed by atoms with E-state index in [0.29, 0.717) is 5.92 Å². The minimum atomic E-state index is -1.11. The Balaban J connectivity index is 1.79. The Hall–Kier alpha value is -2.45. The maximum absolute atomic E-state index is 5.21. The summed E-state index contributed by atoms with van der Waals surface area (Å²) in [7, 11) is -1.11. The lowest BCUT2D eigenvalue weighted by molar-refractivity contribution is 1.10. The minimum absolute atomic E-state index is 0.685. The molecule has 1 aliphatic carbocycles. The highest BCUT2D eigenvalue weighted by Gasteiger charge is 2.47. The summed E-state index contributed by atoms with van der Waals surface area (Å²) in [5.41, 5.74) is 6.81. The van der Waals surface area contributed by atoms with Gasteiger partial charge in [-0.2, -0.15) is 0 Å². The molecule has 0 saturated heterocycles. The Morgan fingerprint density at radius 2 is 1.26 bits per heavy atom. The summed E-state index contributed by atoms with van der Waals surface area (Å²) in [5.74, 6) is 0.685. The van der Waals surface area contributed by atoms with Crippen molar-refractivity contribution >= 4 is 19.5 Å². The first kappa shape index (κ1) is 17.9. The van der Waals surface area contributed by atoms with Crippen LogP contribution in [0.1, 0.15) is 29.0 Å². The molecule has 0 N–H and O–H groups in total. The molecule has 2 heteroatoms. The number of para-hydroxylation sites is 1. The standard InChI is InChI=1S/C25H27NSi/c1-27(2,3)24-18-22(24)21-16-10-11-17-23(21)26-25(19-12-6-4-7-13-19)20-14-8-5-9-15-20/h4-17,22,24H,18H2,1-3H3/t22-,24+/m0/s1. The van der Waals surface area contributed by atoms with Crippen LogP contribution in [0, 0.1) is 0 Å². The molecule has 1 aliphatic rings. The van der Waals surface area contributed by atoms with Gasteiger partial charge >= 0.3 is 0 Å². The normalized spacial score (nSPS) is 18.8. The van der Waals surface area contributed by atoms with Gasteiger partial charge in [-0.3, -0.25) is 0 Å². The predicted molar refractivity (Wildman–Crippen MR) is 119 cm³/mol. The number of benzene rings is 3. The van der Waals surface area contributed by atoms with E-state index in [4.69, 9.17) is 4.99 Å². The maximum atomic E-state index is 5.21. The smallest absolute Gasteiger partial charge is 0.0781 e. The summed E-state index contributed by atoms with van der Waals surface area (Å²) in [5, 5.41) is 0. The van der Waals surface area contributed by atoms with Gasteiger partial charge in [0.15, 0.2) is 0 Å². The molecule has 0 amide bonds. The molecule has 0 radical (unpaired) electrons. The highest BCUT2D eigenvalue weighted by Crippen LogP contribution is 2.59. The van der Waals surface area contributed by atoms with Crippen molar-refractivity contribution in [3.63, 3.8) is 0 Å². The highest BCUT2D eigenvalue weighted by molar-refractivity contribution is 6.78. The van der Waals surface area contributed by atoms with Gasteiger partial charge in [-0.1, -0.05) is 98.5 Å². The number of hydrogen-bond acceptors (Lipinski definition) is 1. The average Bonchev–Trinajstić information content (AvgIpc) is 3.49. The van der Waals surface area contributed by atoms with E-state index in [2.05, 4.69) is 105 Å². The molecule has 0 bridgehead atoms. The van der Waals surface area contributed by atoms with Gasteiger partial charge in [0.2, 0.25) is 0 Å². The topological polar surface area (TPSA) is 12.4 Å². The largest absolute Gasteiger partial charge is 0.247 e. The monoisotopic (exact) mass is 369 g/mol. The summed E-state index contributed by atoms with van der Waals surface area (Å²) in [6, 6.07) is 29.8. The summed E-state index contributed by atoms with van der Waals surface area (Å²) < 4.78 is 0. The van der Waals surface area contributed by atoms with Crippen LogP contribution in [0.5, 0.6) is 0 Å². The molecule has 1 saturated carbocycles. The fourth-order valence-corrected chi connectivity index (χ4v) is 6.35. The van der Waals surface area contributed by atoms with Crippen LogP contribution >= 0.6 is 0 Å². The van der Waals surface area contributed by atoms with E-state index in [1.165, 1.54) is 12.0 Å². The van der Waals surface area contributed by atoms with Crippen molar-refractivity contribution in [2.24, 2.45) is 4.99 Å². The summed E-state index contributed by atoms with van der Waals surface area (Å²) >= 11 is 0. The number of nitrogens with zero attached hydrogens (tertiary/aromatic N) is 1. The van der Waals surface area contributed by atoms with E-state index in [1.54, 1.807) is 0 Å². The maximum Gasteiger partial charge on any atom is 0.0781 e. The van der Waals surface area contributed by atoms with Crippen LogP contribution in [0.15, 0.2) is 89.9 Å². The molecule has 0 heterocycles. The molecular weight excluding hydrogens is 342 g/mol. The fourth-order valence-electron chi connectivity index (χ4n) is 4.01. The van der Waals surface area contributed by atoms with Gasteiger partial charge in [-0.05, 0) is 29.5 Å². The summed E-state index contributed by atoms with van der Waals surface area (Å²) in [6.45, 7) is 7.47. The molecule has 1 fully saturated rings. The van der Waals surface area contributed by atoms with E-state index in [1.807, 2.05) is 0 Å². The molecule has 3 aromatic rings. The number of hydrogen-bond donors (Lipinski definition) is 0. The fraction of sp³-hybridized carbons (Fsp3) is 0.240. The van der Waals surface area contributed by atoms with Crippen LogP contribution in [0.25, 0.3) is 0 Å². The lowest BCUT2D eigenvalue weighted by atomic mass is 10.0. The van der Waals surface area contributed by atoms with Crippen LogP contribution in [-0.2, 0) is 0 Å². The van der Waals surface area contributed by atoms with E-state index in [-0.39, 0.29) is 0 Å². The van der Waals surface area contributed by atoms with Crippen molar-refractivity contribution in [3.05, 3.63) is 102 Å². The highest BCUT2D eigenvalue weighted by atomic mass is 28.3. The molecule has 3 aromatic carbocycles. The Labute approximate surface area is 163 Å². The van der Waals surface area contributed by atoms with Crippen molar-refractivity contribution in [2.45, 2.75) is 37.5 Å². The minimum Gasteiger partial charge on any atom is -0.247 e. The molecule has 136 valence electrons. The molecule has 0 aliphatic heterocycles. The predicted octanol–water partition coefficient (Wildman–Crippen LogP) is 7.05. The summed E-state index contributed by atoms with van der Waals surface area (Å²) in [4.78, 5) is 5.21. The SMILES string of the molecule is C[Si](C)(C)[C@@H]1C[C@H]1c1ccccc1N=C(c1ccccc1)c1ccccc1. The van der Waals surface area contributed by atoms with Crippen LogP contribution in [0.4, 0.5) is 5.69 Å². The van der Waals surface area contributed by atoms with Crippen LogP contribution in [-0.4, -0.2) is 13.8 Å². The zero-order valence-electron chi connectivity index (χ0n) is 16.4. The number of rotatable bonds is 5. The quantitative estimate of drug-likeness (QED) is 0.337. The molecule has 2 atom stereocenters. The van der Waals surface area contributed by atoms with E-state index < -0.39 is 8.07 Å². The van der Waals surface area contributed by atoms with Gasteiger partial charge in [-0.25, -0.2) is 4.99 Å². The second kappa shape index (κ2) is 7.28. The zero-order chi connectivity index (χ0) is 18.9. The molecular formula is C25H27NSi. The van der Waals surface area contributed by atoms with Crippen molar-refractivity contribution in [1.29, 1.82) is 0 Å². The van der Waals surface area contributed by atoms with Gasteiger partial charge in [0.05, 0.1) is 11.4 Å². The van der Waals surface area contributed by atoms with Gasteiger partial charge in [0.25, 0.3) is 0 Å². The molecule has 4 rings (SSSR count). The lowest BCUT2D eigenvalue weighted by Gasteiger charge is -2.16. The Kier molecular flexibility index (Phi) is 4.84. The van der Waals surface area contributed by atoms with Crippen molar-refractivity contribution in [1.82, 2.24) is 0 Å². The van der Waals surface area contributed by atoms with Gasteiger partial charge < -0.3 is 0 Å². The van der Waals surface area contributed by atoms with E-state index in [9.17, 15) is 0 Å². The third-order valence-electron chi connectivity index (χ3n) is 5.57. The molecule has 0 aromatic heterocycles. The molecule has 0 spiro atoms. The van der Waals surface area contributed by atoms with Gasteiger partial charge in [0.1, 0.15) is 0 Å². The second-order valence-electron chi connectivity index (χ2n) is 8.57. The van der Waals surface area contributed by atoms with E-state index in [0.717, 1.165) is 28.1 Å². The Morgan fingerprint density at radius 1 is 0.741 bits per heavy atom. The molecule has 27 heavy (non-hydrogen) atoms. The summed E-state index contributed by atoms with van der Waals surface area (Å²) in [6.07, 6.45) is 1.33. The van der Waals surface area contributed by atoms with Crippen LogP contribution in [0.2, 0.25) is 25.2 Å². The van der Waals surface area contributed by atoms with E-state index >= 15 is 0 Å². The Morgan fingerprint density at radius 3 is 1.78 bits per heavy atom. The lowest BCUT2D eigenvalue weighted by Crippen LogP contribution is -2.20. The third-order valence-corrected chi connectivity index (χ3v) is 8.43. The molecule has 1 nitrogen and oxygen atoms in total. The van der Waals surface area contributed by atoms with Crippen LogP contribution in [0.3, 0.4) is 0 Å². The van der Waals surface area contributed by atoms with Gasteiger partial charge in [-0.15, -0.1) is 0 Å². The Bertz CT molecular complexity index is 897. The second-order valence-corrected chi connectivity index (χ2v) is 14.0. The third kappa shape index (κ3) is 3.96.